The Morgan fingerprint density at radius 1 is 1.04 bits per heavy atom. The summed E-state index contributed by atoms with van der Waals surface area (Å²) in [5, 5.41) is 3.88. The van der Waals surface area contributed by atoms with Crippen LogP contribution in [0.4, 0.5) is 0 Å². The highest BCUT2D eigenvalue weighted by Crippen LogP contribution is 2.19. The summed E-state index contributed by atoms with van der Waals surface area (Å²) in [5.74, 6) is 0.739. The molecule has 0 saturated carbocycles. The van der Waals surface area contributed by atoms with Gasteiger partial charge in [-0.1, -0.05) is 11.2 Å². The number of hydrogen-bond donors (Lipinski definition) is 0. The van der Waals surface area contributed by atoms with E-state index in [-0.39, 0.29) is 4.90 Å². The summed E-state index contributed by atoms with van der Waals surface area (Å²) >= 11 is 0. The van der Waals surface area contributed by atoms with E-state index in [1.807, 2.05) is 18.2 Å². The average molecular weight is 327 g/mol. The third-order valence-electron chi connectivity index (χ3n) is 3.07. The predicted octanol–water partition coefficient (Wildman–Crippen LogP) is 2.71. The highest BCUT2D eigenvalue weighted by atomic mass is 32.2. The molecule has 0 radical (unpaired) electrons. The van der Waals surface area contributed by atoms with E-state index in [1.54, 1.807) is 30.5 Å². The van der Waals surface area contributed by atoms with Crippen LogP contribution >= 0.6 is 0 Å². The fourth-order valence-corrected chi connectivity index (χ4v) is 2.53. The van der Waals surface area contributed by atoms with Gasteiger partial charge in [-0.25, -0.2) is 8.42 Å². The molecule has 7 heteroatoms. The molecule has 23 heavy (non-hydrogen) atoms. The van der Waals surface area contributed by atoms with Gasteiger partial charge in [-0.2, -0.15) is 4.98 Å². The maximum absolute atomic E-state index is 11.4. The molecule has 3 rings (SSSR count). The Balaban J connectivity index is 1.81. The molecule has 1 aromatic carbocycles. The number of sulfone groups is 1. The van der Waals surface area contributed by atoms with Gasteiger partial charge in [-0.3, -0.25) is 4.98 Å². The average Bonchev–Trinajstić information content (AvgIpc) is 3.02. The smallest absolute Gasteiger partial charge is 0.251 e. The molecule has 6 nitrogen and oxygen atoms in total. The van der Waals surface area contributed by atoms with Gasteiger partial charge in [0.15, 0.2) is 9.84 Å². The third-order valence-corrected chi connectivity index (χ3v) is 4.20. The number of rotatable bonds is 4. The second-order valence-corrected chi connectivity index (χ2v) is 6.86. The SMILES string of the molecule is CS(=O)(=O)c1ccc(-c2noc(/C=C/c3ccccn3)n2)cc1. The Morgan fingerprint density at radius 3 is 2.48 bits per heavy atom. The van der Waals surface area contributed by atoms with E-state index in [9.17, 15) is 8.42 Å². The third kappa shape index (κ3) is 3.70. The van der Waals surface area contributed by atoms with Crippen molar-refractivity contribution >= 4 is 22.0 Å². The van der Waals surface area contributed by atoms with Crippen LogP contribution in [0, 0.1) is 0 Å². The van der Waals surface area contributed by atoms with Crippen LogP contribution in [-0.2, 0) is 9.84 Å². The van der Waals surface area contributed by atoms with Crippen molar-refractivity contribution in [3.8, 4) is 11.4 Å². The lowest BCUT2D eigenvalue weighted by Crippen LogP contribution is -1.96. The fourth-order valence-electron chi connectivity index (χ4n) is 1.90. The zero-order valence-electron chi connectivity index (χ0n) is 12.2. The van der Waals surface area contributed by atoms with Gasteiger partial charge in [0.1, 0.15) is 0 Å². The monoisotopic (exact) mass is 327 g/mol. The minimum atomic E-state index is -3.22. The van der Waals surface area contributed by atoms with Crippen LogP contribution in [0.15, 0.2) is 58.1 Å². The molecule has 0 saturated heterocycles. The van der Waals surface area contributed by atoms with E-state index in [2.05, 4.69) is 15.1 Å². The maximum Gasteiger partial charge on any atom is 0.251 e. The van der Waals surface area contributed by atoms with Crippen LogP contribution < -0.4 is 0 Å². The summed E-state index contributed by atoms with van der Waals surface area (Å²) in [4.78, 5) is 8.65. The summed E-state index contributed by atoms with van der Waals surface area (Å²) in [7, 11) is -3.22. The second kappa shape index (κ2) is 6.13. The molecule has 0 bridgehead atoms. The summed E-state index contributed by atoms with van der Waals surface area (Å²) in [5.41, 5.74) is 1.46. The van der Waals surface area contributed by atoms with Gasteiger partial charge in [0, 0.05) is 24.1 Å². The lowest BCUT2D eigenvalue weighted by atomic mass is 10.2. The topological polar surface area (TPSA) is 86.0 Å². The van der Waals surface area contributed by atoms with Crippen LogP contribution in [0.5, 0.6) is 0 Å². The van der Waals surface area contributed by atoms with E-state index in [0.29, 0.717) is 17.3 Å². The first-order valence-corrected chi connectivity index (χ1v) is 8.65. The Kier molecular flexibility index (Phi) is 4.03. The molecule has 0 aliphatic heterocycles. The summed E-state index contributed by atoms with van der Waals surface area (Å²) in [6.07, 6.45) is 6.30. The predicted molar refractivity (Wildman–Crippen MR) is 86.0 cm³/mol. The molecule has 2 aromatic heterocycles. The zero-order chi connectivity index (χ0) is 16.3. The first-order chi connectivity index (χ1) is 11.0. The van der Waals surface area contributed by atoms with Gasteiger partial charge in [0.25, 0.3) is 5.89 Å². The van der Waals surface area contributed by atoms with Gasteiger partial charge in [0.2, 0.25) is 5.82 Å². The standard InChI is InChI=1S/C16H13N3O3S/c1-23(20,21)14-8-5-12(6-9-14)16-18-15(22-19-16)10-7-13-4-2-3-11-17-13/h2-11H,1H3/b10-7+. The van der Waals surface area contributed by atoms with E-state index in [0.717, 1.165) is 11.9 Å². The molecular formula is C16H13N3O3S. The molecule has 0 amide bonds. The highest BCUT2D eigenvalue weighted by Gasteiger charge is 2.10. The zero-order valence-corrected chi connectivity index (χ0v) is 13.1. The van der Waals surface area contributed by atoms with Gasteiger partial charge >= 0.3 is 0 Å². The van der Waals surface area contributed by atoms with Crippen LogP contribution in [0.25, 0.3) is 23.5 Å². The van der Waals surface area contributed by atoms with E-state index in [4.69, 9.17) is 4.52 Å². The van der Waals surface area contributed by atoms with Gasteiger partial charge in [0.05, 0.1) is 10.6 Å². The largest absolute Gasteiger partial charge is 0.334 e. The Bertz CT molecular complexity index is 930. The molecule has 3 aromatic rings. The lowest BCUT2D eigenvalue weighted by molar-refractivity contribution is 0.411. The number of hydrogen-bond acceptors (Lipinski definition) is 6. The van der Waals surface area contributed by atoms with Crippen LogP contribution in [0.1, 0.15) is 11.6 Å². The van der Waals surface area contributed by atoms with E-state index < -0.39 is 9.84 Å². The summed E-state index contributed by atoms with van der Waals surface area (Å²) in [6, 6.07) is 11.9. The first kappa shape index (κ1) is 15.1. The van der Waals surface area contributed by atoms with Crippen LogP contribution in [0.2, 0.25) is 0 Å². The highest BCUT2D eigenvalue weighted by molar-refractivity contribution is 7.90. The molecule has 0 unspecified atom stereocenters. The van der Waals surface area contributed by atoms with Gasteiger partial charge in [-0.05, 0) is 42.5 Å². The van der Waals surface area contributed by atoms with Gasteiger partial charge < -0.3 is 4.52 Å². The molecule has 0 fully saturated rings. The van der Waals surface area contributed by atoms with Crippen molar-refractivity contribution in [3.05, 3.63) is 60.2 Å². The van der Waals surface area contributed by atoms with Crippen LogP contribution in [0.3, 0.4) is 0 Å². The molecule has 0 aliphatic carbocycles. The molecular weight excluding hydrogens is 314 g/mol. The molecule has 116 valence electrons. The van der Waals surface area contributed by atoms with E-state index in [1.165, 1.54) is 12.1 Å². The van der Waals surface area contributed by atoms with Crippen molar-refractivity contribution in [2.45, 2.75) is 4.90 Å². The minimum Gasteiger partial charge on any atom is -0.334 e. The Hall–Kier alpha value is -2.80. The van der Waals surface area contributed by atoms with Crippen molar-refractivity contribution < 1.29 is 12.9 Å². The van der Waals surface area contributed by atoms with Crippen molar-refractivity contribution in [2.75, 3.05) is 6.26 Å². The molecule has 0 N–H and O–H groups in total. The fraction of sp³-hybridized carbons (Fsp3) is 0.0625. The second-order valence-electron chi connectivity index (χ2n) is 4.84. The van der Waals surface area contributed by atoms with Crippen molar-refractivity contribution in [1.82, 2.24) is 15.1 Å². The quantitative estimate of drug-likeness (QED) is 0.732. The molecule has 2 heterocycles. The van der Waals surface area contributed by atoms with Crippen LogP contribution in [-0.4, -0.2) is 29.8 Å². The van der Waals surface area contributed by atoms with Crippen molar-refractivity contribution in [2.24, 2.45) is 0 Å². The Labute approximate surface area is 133 Å². The number of pyridine rings is 1. The number of aromatic nitrogens is 3. The molecule has 0 spiro atoms. The minimum absolute atomic E-state index is 0.250. The van der Waals surface area contributed by atoms with E-state index >= 15 is 0 Å². The molecule has 0 aliphatic rings. The normalized spacial score (nSPS) is 11.9. The maximum atomic E-state index is 11.4. The number of nitrogens with zero attached hydrogens (tertiary/aromatic N) is 3. The van der Waals surface area contributed by atoms with Crippen molar-refractivity contribution in [3.63, 3.8) is 0 Å². The summed E-state index contributed by atoms with van der Waals surface area (Å²) in [6.45, 7) is 0. The van der Waals surface area contributed by atoms with Crippen molar-refractivity contribution in [1.29, 1.82) is 0 Å². The lowest BCUT2D eigenvalue weighted by Gasteiger charge is -1.98. The van der Waals surface area contributed by atoms with Gasteiger partial charge in [-0.15, -0.1) is 0 Å². The molecule has 0 atom stereocenters. The number of benzene rings is 1. The summed E-state index contributed by atoms with van der Waals surface area (Å²) < 4.78 is 28.0. The Morgan fingerprint density at radius 2 is 1.83 bits per heavy atom. The first-order valence-electron chi connectivity index (χ1n) is 6.76.